The monoisotopic (exact) mass is 1360 g/mol. The fraction of sp³-hybridized carbons (Fsp3) is 0.987. The Labute approximate surface area is 576 Å². The third-order valence-electron chi connectivity index (χ3n) is 20.4. The van der Waals surface area contributed by atoms with Gasteiger partial charge in [0.25, 0.3) is 0 Å². The summed E-state index contributed by atoms with van der Waals surface area (Å²) in [4.78, 5) is 13.5. The predicted octanol–water partition coefficient (Wildman–Crippen LogP) is 12.6. The predicted molar refractivity (Wildman–Crippen MR) is 374 cm³/mol. The van der Waals surface area contributed by atoms with Crippen LogP contribution in [0.5, 0.6) is 0 Å². The van der Waals surface area contributed by atoms with E-state index in [2.05, 4.69) is 19.2 Å². The summed E-state index contributed by atoms with van der Waals surface area (Å²) < 4.78 is 34.5. The van der Waals surface area contributed by atoms with Gasteiger partial charge in [-0.25, -0.2) is 0 Å². The van der Waals surface area contributed by atoms with Gasteiger partial charge in [0.1, 0.15) is 73.2 Å². The van der Waals surface area contributed by atoms with Gasteiger partial charge in [0.15, 0.2) is 18.9 Å². The first-order valence-electron chi connectivity index (χ1n) is 39.8. The lowest BCUT2D eigenvalue weighted by Gasteiger charge is -2.48. The molecule has 3 rings (SSSR count). The van der Waals surface area contributed by atoms with Crippen LogP contribution >= 0.6 is 0 Å². The molecule has 0 bridgehead atoms. The van der Waals surface area contributed by atoms with Crippen LogP contribution in [0.3, 0.4) is 0 Å². The molecule has 3 heterocycles. The van der Waals surface area contributed by atoms with Crippen LogP contribution in [0.2, 0.25) is 0 Å². The summed E-state index contributed by atoms with van der Waals surface area (Å²) >= 11 is 0. The fourth-order valence-corrected chi connectivity index (χ4v) is 14.0. The Morgan fingerprint density at radius 3 is 0.916 bits per heavy atom. The molecule has 0 saturated carbocycles. The van der Waals surface area contributed by atoms with Gasteiger partial charge in [-0.15, -0.1) is 0 Å². The highest BCUT2D eigenvalue weighted by Crippen LogP contribution is 2.33. The molecule has 3 fully saturated rings. The van der Waals surface area contributed by atoms with E-state index in [0.29, 0.717) is 12.8 Å². The van der Waals surface area contributed by atoms with Gasteiger partial charge in [-0.05, 0) is 12.8 Å². The summed E-state index contributed by atoms with van der Waals surface area (Å²) in [5, 5.41) is 121. The van der Waals surface area contributed by atoms with Crippen LogP contribution in [0, 0.1) is 0 Å². The summed E-state index contributed by atoms with van der Waals surface area (Å²) in [5.74, 6) is -0.233. The van der Waals surface area contributed by atoms with Gasteiger partial charge in [-0.3, -0.25) is 4.79 Å². The van der Waals surface area contributed by atoms with Gasteiger partial charge >= 0.3 is 0 Å². The molecule has 0 aromatic carbocycles. The van der Waals surface area contributed by atoms with E-state index >= 15 is 0 Å². The first-order valence-corrected chi connectivity index (χ1v) is 39.8. The number of rotatable bonds is 64. The number of amides is 1. The molecular formula is C76H147NO18. The zero-order valence-electron chi connectivity index (χ0n) is 60.2. The maximum atomic E-state index is 13.5. The minimum absolute atomic E-state index is 0.233. The van der Waals surface area contributed by atoms with Gasteiger partial charge in [-0.1, -0.05) is 328 Å². The molecule has 3 aliphatic rings. The summed E-state index contributed by atoms with van der Waals surface area (Å²) in [5.41, 5.74) is 0. The Morgan fingerprint density at radius 2 is 0.600 bits per heavy atom. The van der Waals surface area contributed by atoms with Crippen molar-refractivity contribution < 1.29 is 89.4 Å². The van der Waals surface area contributed by atoms with Crippen LogP contribution in [-0.4, -0.2) is 193 Å². The van der Waals surface area contributed by atoms with Gasteiger partial charge < -0.3 is 89.9 Å². The molecule has 17 atom stereocenters. The number of hydrogen-bond donors (Lipinski definition) is 12. The van der Waals surface area contributed by atoms with Crippen LogP contribution in [-0.2, 0) is 33.2 Å². The van der Waals surface area contributed by atoms with E-state index in [4.69, 9.17) is 28.4 Å². The number of unbranched alkanes of at least 4 members (excludes halogenated alkanes) is 48. The normalized spacial score (nSPS) is 27.1. The smallest absolute Gasteiger partial charge is 0.220 e. The molecule has 0 aliphatic carbocycles. The topological polar surface area (TPSA) is 307 Å². The van der Waals surface area contributed by atoms with Crippen LogP contribution in [0.25, 0.3) is 0 Å². The second-order valence-corrected chi connectivity index (χ2v) is 28.9. The third kappa shape index (κ3) is 39.1. The number of aliphatic hydroxyl groups excluding tert-OH is 11. The molecule has 17 unspecified atom stereocenters. The van der Waals surface area contributed by atoms with Crippen molar-refractivity contribution >= 4 is 5.91 Å². The molecule has 3 aliphatic heterocycles. The SMILES string of the molecule is CCCCCCCCCCCCCCCCCCCCCCCCCCCCCCC(=O)NC(COC1OC(CO)C(OC2OC(CO)C(OC3OC(CO)C(O)C(O)C3O)C(O)C2O)C(O)C1O)C(O)CCCCCCCCCCCCCCCCCCCCCCCC. The fourth-order valence-electron chi connectivity index (χ4n) is 14.0. The van der Waals surface area contributed by atoms with E-state index in [0.717, 1.165) is 44.9 Å². The van der Waals surface area contributed by atoms with Crippen molar-refractivity contribution in [1.29, 1.82) is 0 Å². The van der Waals surface area contributed by atoms with Crippen molar-refractivity contribution in [3.05, 3.63) is 0 Å². The molecule has 1 amide bonds. The number of carbonyl (C=O) groups is 1. The van der Waals surface area contributed by atoms with Crippen LogP contribution in [0.1, 0.15) is 348 Å². The van der Waals surface area contributed by atoms with Gasteiger partial charge in [0.2, 0.25) is 5.91 Å². The van der Waals surface area contributed by atoms with E-state index in [1.54, 1.807) is 0 Å². The van der Waals surface area contributed by atoms with Gasteiger partial charge in [0.05, 0.1) is 38.6 Å². The van der Waals surface area contributed by atoms with E-state index in [1.165, 1.54) is 270 Å². The second kappa shape index (κ2) is 58.3. The van der Waals surface area contributed by atoms with Crippen LogP contribution < -0.4 is 5.32 Å². The molecule has 0 aromatic rings. The lowest BCUT2D eigenvalue weighted by Crippen LogP contribution is -2.66. The number of hydrogen-bond acceptors (Lipinski definition) is 18. The molecular weight excluding hydrogens is 1210 g/mol. The molecule has 19 nitrogen and oxygen atoms in total. The zero-order valence-corrected chi connectivity index (χ0v) is 60.2. The zero-order chi connectivity index (χ0) is 68.9. The minimum Gasteiger partial charge on any atom is -0.394 e. The van der Waals surface area contributed by atoms with Crippen molar-refractivity contribution in [2.45, 2.75) is 452 Å². The van der Waals surface area contributed by atoms with Gasteiger partial charge in [-0.2, -0.15) is 0 Å². The highest BCUT2D eigenvalue weighted by Gasteiger charge is 2.54. The summed E-state index contributed by atoms with van der Waals surface area (Å²) in [6.07, 6.45) is 39.0. The van der Waals surface area contributed by atoms with Crippen molar-refractivity contribution in [3.63, 3.8) is 0 Å². The molecule has 0 spiro atoms. The lowest BCUT2D eigenvalue weighted by molar-refractivity contribution is -0.379. The van der Waals surface area contributed by atoms with Crippen molar-refractivity contribution in [2.24, 2.45) is 0 Å². The summed E-state index contributed by atoms with van der Waals surface area (Å²) in [7, 11) is 0. The maximum Gasteiger partial charge on any atom is 0.220 e. The second-order valence-electron chi connectivity index (χ2n) is 28.9. The first-order chi connectivity index (χ1) is 46.3. The minimum atomic E-state index is -1.97. The number of carbonyl (C=O) groups excluding carboxylic acids is 1. The van der Waals surface area contributed by atoms with Crippen molar-refractivity contribution in [2.75, 3.05) is 26.4 Å². The number of nitrogens with one attached hydrogen (secondary N) is 1. The quantitative estimate of drug-likeness (QED) is 0.0252. The van der Waals surface area contributed by atoms with Crippen molar-refractivity contribution in [1.82, 2.24) is 5.32 Å². The Balaban J connectivity index is 1.37. The lowest BCUT2D eigenvalue weighted by atomic mass is 9.96. The van der Waals surface area contributed by atoms with E-state index in [9.17, 15) is 61.0 Å². The summed E-state index contributed by atoms with van der Waals surface area (Å²) in [6.45, 7) is 1.87. The standard InChI is InChI=1S/C76H147NO18/c1-3-5-7-9-11-13-15-17-19-21-23-25-27-28-29-30-31-32-34-36-38-40-42-44-46-48-50-52-54-64(82)77-59(60(81)53-51-49-47-45-43-41-39-37-35-33-26-24-22-20-18-16-14-12-10-8-6-4-2)58-90-74-70(88)67(85)72(62(56-79)92-74)95-76-71(89)68(86)73(63(57-80)93-76)94-75-69(87)66(84)65(83)61(55-78)91-75/h59-63,65-76,78-81,83-89H,3-58H2,1-2H3,(H,77,82). The van der Waals surface area contributed by atoms with E-state index < -0.39 is 124 Å². The van der Waals surface area contributed by atoms with Crippen LogP contribution in [0.4, 0.5) is 0 Å². The molecule has 564 valence electrons. The number of ether oxygens (including phenoxy) is 6. The molecule has 0 radical (unpaired) electrons. The molecule has 95 heavy (non-hydrogen) atoms. The maximum absolute atomic E-state index is 13.5. The van der Waals surface area contributed by atoms with E-state index in [1.807, 2.05) is 0 Å². The largest absolute Gasteiger partial charge is 0.394 e. The van der Waals surface area contributed by atoms with Gasteiger partial charge in [0, 0.05) is 6.42 Å². The Morgan fingerprint density at radius 1 is 0.337 bits per heavy atom. The van der Waals surface area contributed by atoms with Crippen LogP contribution in [0.15, 0.2) is 0 Å². The first kappa shape index (κ1) is 88.0. The Kier molecular flexibility index (Phi) is 54.0. The molecule has 3 saturated heterocycles. The average molecular weight is 1360 g/mol. The third-order valence-corrected chi connectivity index (χ3v) is 20.4. The Bertz CT molecular complexity index is 1720. The van der Waals surface area contributed by atoms with Crippen molar-refractivity contribution in [3.8, 4) is 0 Å². The highest BCUT2D eigenvalue weighted by atomic mass is 16.8. The number of aliphatic hydroxyl groups is 11. The highest BCUT2D eigenvalue weighted by molar-refractivity contribution is 5.76. The van der Waals surface area contributed by atoms with E-state index in [-0.39, 0.29) is 18.9 Å². The molecule has 0 aromatic heterocycles. The molecule has 12 N–H and O–H groups in total. The Hall–Kier alpha value is -1.21. The average Bonchev–Trinajstić information content (AvgIpc) is 0.787. The molecule has 19 heteroatoms. The summed E-state index contributed by atoms with van der Waals surface area (Å²) in [6, 6.07) is -0.883.